The van der Waals surface area contributed by atoms with Crippen molar-refractivity contribution < 1.29 is 35.1 Å². The maximum atomic E-state index is 12.8. The highest BCUT2D eigenvalue weighted by Gasteiger charge is 2.46. The Kier molecular flexibility index (Phi) is 6.44. The van der Waals surface area contributed by atoms with Crippen LogP contribution < -0.4 is 10.4 Å². The number of sulfonamides is 1. The van der Waals surface area contributed by atoms with Crippen LogP contribution in [0.1, 0.15) is 5.56 Å². The maximum absolute atomic E-state index is 12.8. The van der Waals surface area contributed by atoms with Gasteiger partial charge in [-0.25, -0.2) is 31.2 Å². The average Bonchev–Trinajstić information content (AvgIpc) is 3.42. The minimum atomic E-state index is -5.57. The zero-order valence-corrected chi connectivity index (χ0v) is 20.2. The summed E-state index contributed by atoms with van der Waals surface area (Å²) < 4.78 is 90.3. The van der Waals surface area contributed by atoms with Crippen LogP contribution in [0.5, 0.6) is 5.88 Å². The first-order valence-electron chi connectivity index (χ1n) is 9.74. The van der Waals surface area contributed by atoms with Crippen LogP contribution in [0, 0.1) is 0 Å². The van der Waals surface area contributed by atoms with Gasteiger partial charge in [0.2, 0.25) is 5.88 Å². The van der Waals surface area contributed by atoms with Crippen molar-refractivity contribution in [2.75, 3.05) is 4.72 Å². The topological polar surface area (TPSA) is 140 Å². The molecule has 16 heteroatoms. The van der Waals surface area contributed by atoms with Crippen LogP contribution in [-0.4, -0.2) is 41.6 Å². The number of pyridine rings is 1. The Labute approximate surface area is 205 Å². The molecule has 3 heterocycles. The second-order valence-electron chi connectivity index (χ2n) is 7.26. The lowest BCUT2D eigenvalue weighted by Crippen LogP contribution is -2.24. The molecule has 0 amide bonds. The zero-order chi connectivity index (χ0) is 26.3. The number of nitrogens with zero attached hydrogens (tertiary/aromatic N) is 3. The second-order valence-corrected chi connectivity index (χ2v) is 12.1. The van der Waals surface area contributed by atoms with Crippen molar-refractivity contribution in [1.29, 1.82) is 0 Å². The molecule has 4 rings (SSSR count). The van der Waals surface area contributed by atoms with E-state index in [9.17, 15) is 39.9 Å². The normalized spacial score (nSPS) is 12.5. The van der Waals surface area contributed by atoms with Crippen LogP contribution in [0.3, 0.4) is 0 Å². The number of rotatable bonds is 7. The Morgan fingerprint density at radius 3 is 2.36 bits per heavy atom. The third kappa shape index (κ3) is 4.87. The average molecular weight is 561 g/mol. The summed E-state index contributed by atoms with van der Waals surface area (Å²) in [6.45, 7) is -0.115. The predicted octanol–water partition coefficient (Wildman–Crippen LogP) is 2.94. The number of alkyl halides is 3. The van der Waals surface area contributed by atoms with Crippen molar-refractivity contribution in [3.8, 4) is 11.6 Å². The van der Waals surface area contributed by atoms with Crippen LogP contribution in [0.25, 0.3) is 5.69 Å². The summed E-state index contributed by atoms with van der Waals surface area (Å²) in [6.07, 6.45) is 2.39. The fourth-order valence-electron chi connectivity index (χ4n) is 3.17. The number of hydrogen-bond acceptors (Lipinski definition) is 8. The number of benzene rings is 1. The number of imidazole rings is 1. The van der Waals surface area contributed by atoms with Gasteiger partial charge in [0.1, 0.15) is 10.0 Å². The molecule has 3 aromatic heterocycles. The molecular formula is C20H15F3N4O6S3. The summed E-state index contributed by atoms with van der Waals surface area (Å²) in [4.78, 5) is 15.8. The molecule has 1 aromatic carbocycles. The Bertz CT molecular complexity index is 1680. The lowest BCUT2D eigenvalue weighted by Gasteiger charge is -2.09. The van der Waals surface area contributed by atoms with Crippen molar-refractivity contribution in [1.82, 2.24) is 14.1 Å². The Morgan fingerprint density at radius 1 is 1.06 bits per heavy atom. The van der Waals surface area contributed by atoms with Crippen molar-refractivity contribution >= 4 is 37.0 Å². The summed E-state index contributed by atoms with van der Waals surface area (Å²) >= 11 is 1.02. The van der Waals surface area contributed by atoms with Gasteiger partial charge in [0.25, 0.3) is 19.9 Å². The van der Waals surface area contributed by atoms with Gasteiger partial charge in [0, 0.05) is 6.20 Å². The quantitative estimate of drug-likeness (QED) is 0.354. The van der Waals surface area contributed by atoms with E-state index in [1.54, 1.807) is 11.4 Å². The molecule has 0 atom stereocenters. The number of thiophene rings is 1. The summed E-state index contributed by atoms with van der Waals surface area (Å²) in [7, 11) is -9.42. The van der Waals surface area contributed by atoms with Crippen LogP contribution >= 0.6 is 11.3 Å². The molecule has 10 nitrogen and oxygen atoms in total. The van der Waals surface area contributed by atoms with Gasteiger partial charge in [0.05, 0.1) is 23.3 Å². The highest BCUT2D eigenvalue weighted by atomic mass is 32.2. The molecule has 0 saturated carbocycles. The third-order valence-corrected chi connectivity index (χ3v) is 9.08. The molecule has 2 N–H and O–H groups in total. The van der Waals surface area contributed by atoms with Crippen molar-refractivity contribution in [3.05, 3.63) is 82.4 Å². The fourth-order valence-corrected chi connectivity index (χ4v) is 5.93. The minimum absolute atomic E-state index is 0.000865. The van der Waals surface area contributed by atoms with Crippen LogP contribution in [-0.2, 0) is 26.4 Å². The molecule has 0 aliphatic rings. The number of hydrogen-bond donors (Lipinski definition) is 2. The van der Waals surface area contributed by atoms with E-state index in [4.69, 9.17) is 0 Å². The first-order valence-corrected chi connectivity index (χ1v) is 13.6. The highest BCUT2D eigenvalue weighted by Crippen LogP contribution is 2.30. The SMILES string of the molecule is O=c1n(Cc2ccnc(NS(=O)(=O)c3cccs3)c2)cc(O)n1-c1ccc(S(=O)(=O)C(F)(F)F)cc1. The van der Waals surface area contributed by atoms with Crippen LogP contribution in [0.4, 0.5) is 19.0 Å². The fraction of sp³-hybridized carbons (Fsp3) is 0.100. The maximum Gasteiger partial charge on any atom is 0.501 e. The minimum Gasteiger partial charge on any atom is -0.493 e. The molecule has 36 heavy (non-hydrogen) atoms. The van der Waals surface area contributed by atoms with Crippen LogP contribution in [0.15, 0.2) is 80.2 Å². The predicted molar refractivity (Wildman–Crippen MR) is 123 cm³/mol. The van der Waals surface area contributed by atoms with Gasteiger partial charge in [-0.05, 0) is 53.4 Å². The standard InChI is InChI=1S/C20H15F3N4O6S3/c21-20(22,23)35(30,31)15-5-3-14(4-6-15)27-17(28)12-26(19(27)29)11-13-7-8-24-16(10-13)25-36(32,33)18-2-1-9-34-18/h1-10,12,28H,11H2,(H,24,25). The van der Waals surface area contributed by atoms with Gasteiger partial charge < -0.3 is 5.11 Å². The van der Waals surface area contributed by atoms with Gasteiger partial charge in [-0.1, -0.05) is 6.07 Å². The van der Waals surface area contributed by atoms with Gasteiger partial charge in [-0.2, -0.15) is 13.2 Å². The van der Waals surface area contributed by atoms with Crippen molar-refractivity contribution in [3.63, 3.8) is 0 Å². The Balaban J connectivity index is 1.59. The van der Waals surface area contributed by atoms with Gasteiger partial charge in [-0.3, -0.25) is 9.29 Å². The molecule has 0 radical (unpaired) electrons. The number of anilines is 1. The van der Waals surface area contributed by atoms with E-state index in [-0.39, 0.29) is 22.3 Å². The first-order chi connectivity index (χ1) is 16.8. The molecule has 190 valence electrons. The van der Waals surface area contributed by atoms with E-state index < -0.39 is 41.8 Å². The molecule has 0 fully saturated rings. The number of halogens is 3. The second kappa shape index (κ2) is 9.11. The molecule has 0 saturated heterocycles. The summed E-state index contributed by atoms with van der Waals surface area (Å²) in [5, 5.41) is 11.9. The van der Waals surface area contributed by atoms with E-state index in [1.165, 1.54) is 24.4 Å². The van der Waals surface area contributed by atoms with E-state index in [0.29, 0.717) is 17.7 Å². The van der Waals surface area contributed by atoms with Crippen LogP contribution in [0.2, 0.25) is 0 Å². The molecule has 0 aliphatic heterocycles. The molecular weight excluding hydrogens is 545 g/mol. The zero-order valence-electron chi connectivity index (χ0n) is 17.7. The Hall–Kier alpha value is -3.63. The summed E-state index contributed by atoms with van der Waals surface area (Å²) in [5.74, 6) is -0.557. The number of sulfone groups is 1. The highest BCUT2D eigenvalue weighted by molar-refractivity contribution is 7.94. The van der Waals surface area contributed by atoms with Crippen molar-refractivity contribution in [2.24, 2.45) is 0 Å². The van der Waals surface area contributed by atoms with E-state index in [2.05, 4.69) is 9.71 Å². The molecule has 4 aromatic rings. The van der Waals surface area contributed by atoms with Gasteiger partial charge in [0.15, 0.2) is 0 Å². The molecule has 0 aliphatic carbocycles. The number of aromatic hydroxyl groups is 1. The Morgan fingerprint density at radius 2 is 1.75 bits per heavy atom. The van der Waals surface area contributed by atoms with Gasteiger partial charge >= 0.3 is 11.2 Å². The van der Waals surface area contributed by atoms with E-state index in [1.807, 2.05) is 0 Å². The molecule has 0 bridgehead atoms. The monoisotopic (exact) mass is 560 g/mol. The number of nitrogens with one attached hydrogen (secondary N) is 1. The largest absolute Gasteiger partial charge is 0.501 e. The smallest absolute Gasteiger partial charge is 0.493 e. The van der Waals surface area contributed by atoms with Crippen molar-refractivity contribution in [2.45, 2.75) is 21.2 Å². The lowest BCUT2D eigenvalue weighted by molar-refractivity contribution is -0.0436. The molecule has 0 unspecified atom stereocenters. The summed E-state index contributed by atoms with van der Waals surface area (Å²) in [5.41, 5.74) is -5.90. The van der Waals surface area contributed by atoms with Gasteiger partial charge in [-0.15, -0.1) is 11.3 Å². The summed E-state index contributed by atoms with van der Waals surface area (Å²) in [6, 6.07) is 9.17. The third-order valence-electron chi connectivity index (χ3n) is 4.82. The van der Waals surface area contributed by atoms with E-state index >= 15 is 0 Å². The lowest BCUT2D eigenvalue weighted by atomic mass is 10.2. The van der Waals surface area contributed by atoms with E-state index in [0.717, 1.165) is 38.8 Å². The number of aromatic nitrogens is 3. The molecule has 0 spiro atoms. The first kappa shape index (κ1) is 25.5.